The fraction of sp³-hybridized carbons (Fsp3) is 0.522. The third kappa shape index (κ3) is 12.3. The van der Waals surface area contributed by atoms with Gasteiger partial charge in [-0.25, -0.2) is 4.79 Å². The van der Waals surface area contributed by atoms with Crippen molar-refractivity contribution >= 4 is 12.0 Å². The molecule has 7 heteroatoms. The minimum absolute atomic E-state index is 0.0373. The Balaban J connectivity index is 1.07. The Morgan fingerprint density at radius 3 is 1.92 bits per heavy atom. The molecule has 7 nitrogen and oxygen atoms in total. The molecule has 284 valence electrons. The number of carbonyl (C=O) groups excluding carboxylic acids is 2. The van der Waals surface area contributed by atoms with Gasteiger partial charge in [-0.1, -0.05) is 138 Å². The van der Waals surface area contributed by atoms with E-state index in [2.05, 4.69) is 35.5 Å². The standard InChI is InChI=1S/C46H60N2O5/c1-3-31-48(46(50)53-35-43-41-26-19-17-24-39(41)40-25-18-20-27-42(40)43)34-36-29-30-38(33-44(36)51-2)52-32-21-28-45(49)47-37-22-15-13-11-9-7-5-4-6-8-10-12-14-16-23-37/h1,17-20,24-27,29-30,33,37,43H,4-16,21-23,28,31-32,34-35H2,2H3,(H,47,49). The molecule has 0 unspecified atom stereocenters. The summed E-state index contributed by atoms with van der Waals surface area (Å²) in [5, 5.41) is 3.35. The molecule has 0 bridgehead atoms. The maximum atomic E-state index is 13.4. The smallest absolute Gasteiger partial charge is 0.410 e. The van der Waals surface area contributed by atoms with E-state index in [9.17, 15) is 9.59 Å². The molecule has 5 rings (SSSR count). The number of amides is 2. The van der Waals surface area contributed by atoms with Gasteiger partial charge in [0, 0.05) is 30.0 Å². The van der Waals surface area contributed by atoms with Gasteiger partial charge in [-0.15, -0.1) is 6.42 Å². The number of ether oxygens (including phenoxy) is 3. The molecule has 1 fully saturated rings. The zero-order valence-corrected chi connectivity index (χ0v) is 31.9. The largest absolute Gasteiger partial charge is 0.496 e. The third-order valence-electron chi connectivity index (χ3n) is 10.8. The van der Waals surface area contributed by atoms with Gasteiger partial charge in [0.15, 0.2) is 0 Å². The van der Waals surface area contributed by atoms with Crippen LogP contribution in [-0.2, 0) is 16.1 Å². The molecule has 0 atom stereocenters. The van der Waals surface area contributed by atoms with Gasteiger partial charge >= 0.3 is 6.09 Å². The van der Waals surface area contributed by atoms with Gasteiger partial charge in [-0.3, -0.25) is 9.69 Å². The van der Waals surface area contributed by atoms with E-state index in [1.54, 1.807) is 7.11 Å². The number of hydrogen-bond donors (Lipinski definition) is 1. The van der Waals surface area contributed by atoms with Gasteiger partial charge in [0.25, 0.3) is 0 Å². The molecule has 3 aromatic rings. The topological polar surface area (TPSA) is 77.1 Å². The molecule has 1 N–H and O–H groups in total. The highest BCUT2D eigenvalue weighted by atomic mass is 16.6. The Morgan fingerprint density at radius 1 is 0.792 bits per heavy atom. The van der Waals surface area contributed by atoms with Crippen LogP contribution in [0.3, 0.4) is 0 Å². The SMILES string of the molecule is C#CCN(Cc1ccc(OCCCC(=O)NC2CCCCCCCCCCCCCCC2)cc1OC)C(=O)OCC1c2ccccc2-c2ccccc21. The van der Waals surface area contributed by atoms with Crippen LogP contribution in [0.4, 0.5) is 4.79 Å². The highest BCUT2D eigenvalue weighted by molar-refractivity contribution is 5.79. The molecule has 0 heterocycles. The van der Waals surface area contributed by atoms with E-state index in [1.807, 2.05) is 42.5 Å². The van der Waals surface area contributed by atoms with Crippen LogP contribution in [-0.4, -0.2) is 49.8 Å². The van der Waals surface area contributed by atoms with E-state index >= 15 is 0 Å². The minimum atomic E-state index is -0.474. The fourth-order valence-corrected chi connectivity index (χ4v) is 7.87. The van der Waals surface area contributed by atoms with Crippen LogP contribution in [0.15, 0.2) is 66.7 Å². The lowest BCUT2D eigenvalue weighted by atomic mass is 9.98. The molecule has 0 aliphatic heterocycles. The van der Waals surface area contributed by atoms with Crippen molar-refractivity contribution in [3.8, 4) is 35.0 Å². The first kappa shape index (κ1) is 39.8. The summed E-state index contributed by atoms with van der Waals surface area (Å²) in [6.45, 7) is 0.965. The lowest BCUT2D eigenvalue weighted by Crippen LogP contribution is -2.35. The lowest BCUT2D eigenvalue weighted by molar-refractivity contribution is -0.122. The van der Waals surface area contributed by atoms with E-state index in [4.69, 9.17) is 20.6 Å². The number of carbonyl (C=O) groups is 2. The highest BCUT2D eigenvalue weighted by Crippen LogP contribution is 2.44. The predicted octanol–water partition coefficient (Wildman–Crippen LogP) is 10.6. The molecule has 2 aliphatic carbocycles. The first-order chi connectivity index (χ1) is 26.1. The quantitative estimate of drug-likeness (QED) is 0.149. The molecular formula is C46H60N2O5. The summed E-state index contributed by atoms with van der Waals surface area (Å²) in [5.74, 6) is 3.91. The Hall–Kier alpha value is -4.44. The van der Waals surface area contributed by atoms with Crippen LogP contribution in [0.2, 0.25) is 0 Å². The van der Waals surface area contributed by atoms with E-state index in [1.165, 1.54) is 99.5 Å². The number of rotatable bonds is 12. The van der Waals surface area contributed by atoms with Crippen molar-refractivity contribution in [1.82, 2.24) is 10.2 Å². The van der Waals surface area contributed by atoms with Crippen molar-refractivity contribution in [3.05, 3.63) is 83.4 Å². The summed E-state index contributed by atoms with van der Waals surface area (Å²) in [6, 6.07) is 22.4. The van der Waals surface area contributed by atoms with E-state index in [0.717, 1.165) is 29.5 Å². The summed E-state index contributed by atoms with van der Waals surface area (Å²) in [4.78, 5) is 27.8. The molecule has 2 amide bonds. The van der Waals surface area contributed by atoms with Crippen molar-refractivity contribution in [3.63, 3.8) is 0 Å². The van der Waals surface area contributed by atoms with Crippen LogP contribution in [0.5, 0.6) is 11.5 Å². The molecule has 0 aromatic heterocycles. The minimum Gasteiger partial charge on any atom is -0.496 e. The summed E-state index contributed by atoms with van der Waals surface area (Å²) in [7, 11) is 1.60. The van der Waals surface area contributed by atoms with Gasteiger partial charge < -0.3 is 19.5 Å². The molecular weight excluding hydrogens is 661 g/mol. The second kappa shape index (κ2) is 21.9. The van der Waals surface area contributed by atoms with Crippen LogP contribution >= 0.6 is 0 Å². The van der Waals surface area contributed by atoms with Crippen molar-refractivity contribution in [2.24, 2.45) is 0 Å². The number of terminal acetylenes is 1. The maximum Gasteiger partial charge on any atom is 0.410 e. The summed E-state index contributed by atoms with van der Waals surface area (Å²) in [5.41, 5.74) is 5.46. The van der Waals surface area contributed by atoms with Gasteiger partial charge in [-0.2, -0.15) is 0 Å². The second-order valence-electron chi connectivity index (χ2n) is 14.7. The monoisotopic (exact) mass is 720 g/mol. The summed E-state index contributed by atoms with van der Waals surface area (Å²) < 4.78 is 17.6. The first-order valence-electron chi connectivity index (χ1n) is 20.2. The van der Waals surface area contributed by atoms with Crippen LogP contribution in [0, 0.1) is 12.3 Å². The van der Waals surface area contributed by atoms with Crippen molar-refractivity contribution < 1.29 is 23.8 Å². The number of nitrogens with zero attached hydrogens (tertiary/aromatic N) is 1. The average molecular weight is 721 g/mol. The Kier molecular flexibility index (Phi) is 16.5. The zero-order chi connectivity index (χ0) is 37.1. The fourth-order valence-electron chi connectivity index (χ4n) is 7.87. The summed E-state index contributed by atoms with van der Waals surface area (Å²) in [6.07, 6.45) is 25.6. The van der Waals surface area contributed by atoms with E-state index in [-0.39, 0.29) is 37.6 Å². The van der Waals surface area contributed by atoms with Crippen LogP contribution in [0.25, 0.3) is 11.1 Å². The predicted molar refractivity (Wildman–Crippen MR) is 213 cm³/mol. The van der Waals surface area contributed by atoms with Crippen molar-refractivity contribution in [1.29, 1.82) is 0 Å². The van der Waals surface area contributed by atoms with Crippen molar-refractivity contribution in [2.45, 2.75) is 128 Å². The molecule has 53 heavy (non-hydrogen) atoms. The van der Waals surface area contributed by atoms with Gasteiger partial charge in [0.05, 0.1) is 26.8 Å². The highest BCUT2D eigenvalue weighted by Gasteiger charge is 2.30. The molecule has 2 aliphatic rings. The zero-order valence-electron chi connectivity index (χ0n) is 31.9. The van der Waals surface area contributed by atoms with Crippen LogP contribution in [0.1, 0.15) is 132 Å². The molecule has 1 saturated carbocycles. The van der Waals surface area contributed by atoms with E-state index < -0.39 is 6.09 Å². The number of methoxy groups -OCH3 is 1. The Labute approximate surface area is 318 Å². The number of hydrogen-bond acceptors (Lipinski definition) is 5. The van der Waals surface area contributed by atoms with Gasteiger partial charge in [0.2, 0.25) is 5.91 Å². The average Bonchev–Trinajstić information content (AvgIpc) is 3.50. The number of fused-ring (bicyclic) bond motifs is 3. The van der Waals surface area contributed by atoms with Crippen molar-refractivity contribution in [2.75, 3.05) is 26.9 Å². The van der Waals surface area contributed by atoms with Gasteiger partial charge in [-0.05, 0) is 53.6 Å². The molecule has 0 saturated heterocycles. The van der Waals surface area contributed by atoms with E-state index in [0.29, 0.717) is 30.9 Å². The number of benzene rings is 3. The second-order valence-corrected chi connectivity index (χ2v) is 14.7. The third-order valence-corrected chi connectivity index (χ3v) is 10.8. The normalized spacial score (nSPS) is 16.1. The first-order valence-corrected chi connectivity index (χ1v) is 20.2. The Morgan fingerprint density at radius 2 is 1.36 bits per heavy atom. The van der Waals surface area contributed by atoms with Crippen LogP contribution < -0.4 is 14.8 Å². The number of nitrogens with one attached hydrogen (secondary N) is 1. The van der Waals surface area contributed by atoms with Gasteiger partial charge in [0.1, 0.15) is 18.1 Å². The Bertz CT molecular complexity index is 1570. The summed E-state index contributed by atoms with van der Waals surface area (Å²) >= 11 is 0. The lowest BCUT2D eigenvalue weighted by Gasteiger charge is -2.23. The molecule has 0 spiro atoms. The molecule has 3 aromatic carbocycles. The maximum absolute atomic E-state index is 13.4. The molecule has 0 radical (unpaired) electrons.